The molecule has 0 bridgehead atoms. The Bertz CT molecular complexity index is 1330. The number of nitrogens with two attached hydrogens (primary N) is 1. The number of nitrogens with zero attached hydrogens (tertiary/aromatic N) is 2. The van der Waals surface area contributed by atoms with Gasteiger partial charge in [0.15, 0.2) is 11.2 Å². The van der Waals surface area contributed by atoms with Gasteiger partial charge in [0.25, 0.3) is 17.0 Å². The molecule has 14 nitrogen and oxygen atoms in total. The molecule has 3 rings (SSSR count). The average molecular weight is 457 g/mol. The summed E-state index contributed by atoms with van der Waals surface area (Å²) in [4.78, 5) is 70.8. The van der Waals surface area contributed by atoms with Gasteiger partial charge in [-0.05, 0) is 30.7 Å². The number of carbonyl (C=O) groups excluding carboxylic acids is 1. The molecule has 3 aromatic rings. The number of carbonyl (C=O) groups is 3. The van der Waals surface area contributed by atoms with Crippen LogP contribution in [0.5, 0.6) is 0 Å². The van der Waals surface area contributed by atoms with Crippen molar-refractivity contribution in [3.63, 3.8) is 0 Å². The minimum Gasteiger partial charge on any atom is -0.481 e. The van der Waals surface area contributed by atoms with Crippen molar-refractivity contribution in [2.24, 2.45) is 0 Å². The Balaban J connectivity index is 1.67. The lowest BCUT2D eigenvalue weighted by atomic mass is 10.1. The number of rotatable bonds is 9. The SMILES string of the molecule is Nc1nc2[nH]c(=O)c(CNc3ccc(C(=O)N[C@@H](CCC(=O)O)C(=O)O)cc3)nc2c(=O)[nH]1. The van der Waals surface area contributed by atoms with Crippen LogP contribution in [0.2, 0.25) is 0 Å². The molecule has 0 saturated heterocycles. The minimum atomic E-state index is -1.34. The summed E-state index contributed by atoms with van der Waals surface area (Å²) in [6.45, 7) is -0.0447. The van der Waals surface area contributed by atoms with Gasteiger partial charge in [0.05, 0.1) is 6.54 Å². The van der Waals surface area contributed by atoms with Crippen LogP contribution in [0.3, 0.4) is 0 Å². The van der Waals surface area contributed by atoms with Gasteiger partial charge in [-0.25, -0.2) is 9.78 Å². The molecule has 2 aromatic heterocycles. The van der Waals surface area contributed by atoms with Crippen LogP contribution in [0.1, 0.15) is 28.9 Å². The van der Waals surface area contributed by atoms with E-state index in [0.717, 1.165) is 0 Å². The highest BCUT2D eigenvalue weighted by Crippen LogP contribution is 2.11. The summed E-state index contributed by atoms with van der Waals surface area (Å²) in [5.41, 5.74) is 4.83. The van der Waals surface area contributed by atoms with E-state index in [1.807, 2.05) is 0 Å². The molecule has 0 aliphatic carbocycles. The van der Waals surface area contributed by atoms with Crippen molar-refractivity contribution in [1.82, 2.24) is 25.3 Å². The van der Waals surface area contributed by atoms with E-state index in [9.17, 15) is 24.0 Å². The maximum atomic E-state index is 12.3. The number of aromatic nitrogens is 4. The van der Waals surface area contributed by atoms with Crippen LogP contribution < -0.4 is 27.5 Å². The molecule has 1 aromatic carbocycles. The second-order valence-corrected chi connectivity index (χ2v) is 6.89. The predicted octanol–water partition coefficient (Wildman–Crippen LogP) is -0.751. The van der Waals surface area contributed by atoms with Gasteiger partial charge in [-0.1, -0.05) is 0 Å². The molecule has 1 atom stereocenters. The number of nitrogens with one attached hydrogen (secondary N) is 4. The zero-order chi connectivity index (χ0) is 24.1. The molecular formula is C19H19N7O7. The number of hydrogen-bond acceptors (Lipinski definition) is 9. The first-order valence-corrected chi connectivity index (χ1v) is 9.52. The number of benzene rings is 1. The predicted molar refractivity (Wildman–Crippen MR) is 115 cm³/mol. The molecule has 0 aliphatic rings. The summed E-state index contributed by atoms with van der Waals surface area (Å²) >= 11 is 0. The monoisotopic (exact) mass is 457 g/mol. The van der Waals surface area contributed by atoms with Crippen molar-refractivity contribution in [2.45, 2.75) is 25.4 Å². The van der Waals surface area contributed by atoms with Gasteiger partial charge in [-0.2, -0.15) is 4.98 Å². The highest BCUT2D eigenvalue weighted by molar-refractivity contribution is 5.96. The highest BCUT2D eigenvalue weighted by Gasteiger charge is 2.21. The fourth-order valence-corrected chi connectivity index (χ4v) is 2.85. The van der Waals surface area contributed by atoms with Gasteiger partial charge in [0.1, 0.15) is 11.7 Å². The standard InChI is InChI=1S/C19H19N7O7/c20-19-25-14-13(17(31)26-19)22-11(16(30)24-14)7-21-9-3-1-8(2-4-9)15(29)23-10(18(32)33)5-6-12(27)28/h1-4,10,21H,5-7H2,(H,23,29)(H,27,28)(H,32,33)(H4,20,24,25,26,30,31)/t10-/m0/s1. The molecule has 0 fully saturated rings. The number of carboxylic acids is 2. The summed E-state index contributed by atoms with van der Waals surface area (Å²) in [7, 11) is 0. The number of H-pyrrole nitrogens is 2. The minimum absolute atomic E-state index is 0.0177. The lowest BCUT2D eigenvalue weighted by molar-refractivity contribution is -0.140. The molecule has 0 saturated carbocycles. The summed E-state index contributed by atoms with van der Waals surface area (Å²) in [6.07, 6.45) is -0.661. The smallest absolute Gasteiger partial charge is 0.326 e. The second kappa shape index (κ2) is 9.59. The second-order valence-electron chi connectivity index (χ2n) is 6.89. The van der Waals surface area contributed by atoms with Gasteiger partial charge in [-0.15, -0.1) is 0 Å². The fourth-order valence-electron chi connectivity index (χ4n) is 2.85. The maximum absolute atomic E-state index is 12.3. The van der Waals surface area contributed by atoms with E-state index in [2.05, 4.69) is 30.6 Å². The van der Waals surface area contributed by atoms with E-state index in [1.54, 1.807) is 0 Å². The number of aliphatic carboxylic acids is 2. The number of fused-ring (bicyclic) bond motifs is 1. The van der Waals surface area contributed by atoms with Crippen molar-refractivity contribution < 1.29 is 24.6 Å². The zero-order valence-electron chi connectivity index (χ0n) is 16.9. The fraction of sp³-hybridized carbons (Fsp3) is 0.211. The van der Waals surface area contributed by atoms with E-state index in [4.69, 9.17) is 15.9 Å². The Morgan fingerprint density at radius 1 is 1.03 bits per heavy atom. The molecule has 1 amide bonds. The molecule has 14 heteroatoms. The third-order valence-electron chi connectivity index (χ3n) is 4.51. The van der Waals surface area contributed by atoms with Crippen LogP contribution in [0, 0.1) is 0 Å². The average Bonchev–Trinajstić information content (AvgIpc) is 2.75. The van der Waals surface area contributed by atoms with Crippen molar-refractivity contribution in [3.05, 3.63) is 56.2 Å². The molecule has 0 spiro atoms. The quantitative estimate of drug-likeness (QED) is 0.211. The Labute approximate surface area is 183 Å². The van der Waals surface area contributed by atoms with Crippen molar-refractivity contribution in [1.29, 1.82) is 0 Å². The van der Waals surface area contributed by atoms with Gasteiger partial charge in [0, 0.05) is 17.7 Å². The third kappa shape index (κ3) is 5.69. The number of hydrogen-bond donors (Lipinski definition) is 7. The molecule has 2 heterocycles. The Morgan fingerprint density at radius 2 is 1.73 bits per heavy atom. The Hall–Kier alpha value is -4.75. The van der Waals surface area contributed by atoms with Crippen molar-refractivity contribution in [3.8, 4) is 0 Å². The molecular weight excluding hydrogens is 438 g/mol. The summed E-state index contributed by atoms with van der Waals surface area (Å²) in [6, 6.07) is 4.54. The number of anilines is 2. The first-order chi connectivity index (χ1) is 15.6. The van der Waals surface area contributed by atoms with Gasteiger partial charge in [0.2, 0.25) is 5.95 Å². The Kier molecular flexibility index (Phi) is 6.66. The normalized spacial score (nSPS) is 11.6. The van der Waals surface area contributed by atoms with E-state index >= 15 is 0 Å². The summed E-state index contributed by atoms with van der Waals surface area (Å²) in [5.74, 6) is -3.35. The number of aromatic amines is 2. The van der Waals surface area contributed by atoms with Crippen molar-refractivity contribution >= 4 is 40.6 Å². The van der Waals surface area contributed by atoms with Crippen LogP contribution in [-0.2, 0) is 16.1 Å². The largest absolute Gasteiger partial charge is 0.481 e. The lowest BCUT2D eigenvalue weighted by Crippen LogP contribution is -2.41. The number of nitrogen functional groups attached to an aromatic ring is 1. The first-order valence-electron chi connectivity index (χ1n) is 9.52. The third-order valence-corrected chi connectivity index (χ3v) is 4.51. The zero-order valence-corrected chi connectivity index (χ0v) is 16.9. The first kappa shape index (κ1) is 22.9. The van der Waals surface area contributed by atoms with Gasteiger partial charge >= 0.3 is 11.9 Å². The lowest BCUT2D eigenvalue weighted by Gasteiger charge is -2.14. The van der Waals surface area contributed by atoms with Crippen LogP contribution in [0.4, 0.5) is 11.6 Å². The van der Waals surface area contributed by atoms with E-state index in [0.29, 0.717) is 5.69 Å². The van der Waals surface area contributed by atoms with Gasteiger partial charge < -0.3 is 31.6 Å². The number of carboxylic acid groups (broad SMARTS) is 2. The summed E-state index contributed by atoms with van der Waals surface area (Å²) < 4.78 is 0. The van der Waals surface area contributed by atoms with Crippen LogP contribution in [-0.4, -0.2) is 54.0 Å². The highest BCUT2D eigenvalue weighted by atomic mass is 16.4. The van der Waals surface area contributed by atoms with E-state index < -0.39 is 41.4 Å². The Morgan fingerprint density at radius 3 is 2.36 bits per heavy atom. The summed E-state index contributed by atoms with van der Waals surface area (Å²) in [5, 5.41) is 23.0. The topological polar surface area (TPSA) is 233 Å². The maximum Gasteiger partial charge on any atom is 0.326 e. The van der Waals surface area contributed by atoms with Crippen LogP contribution in [0.15, 0.2) is 33.9 Å². The van der Waals surface area contributed by atoms with Crippen LogP contribution >= 0.6 is 0 Å². The molecule has 172 valence electrons. The van der Waals surface area contributed by atoms with Crippen LogP contribution in [0.25, 0.3) is 11.2 Å². The number of amides is 1. The van der Waals surface area contributed by atoms with E-state index in [1.165, 1.54) is 24.3 Å². The molecule has 0 aliphatic heterocycles. The van der Waals surface area contributed by atoms with Gasteiger partial charge in [-0.3, -0.25) is 24.2 Å². The van der Waals surface area contributed by atoms with Crippen molar-refractivity contribution in [2.75, 3.05) is 11.1 Å². The molecule has 0 unspecified atom stereocenters. The van der Waals surface area contributed by atoms with E-state index in [-0.39, 0.29) is 41.3 Å². The molecule has 0 radical (unpaired) electrons. The molecule has 33 heavy (non-hydrogen) atoms. The molecule has 8 N–H and O–H groups in total.